The Kier molecular flexibility index (Phi) is 8.24. The van der Waals surface area contributed by atoms with Crippen molar-refractivity contribution in [1.82, 2.24) is 0 Å². The van der Waals surface area contributed by atoms with Crippen molar-refractivity contribution in [2.24, 2.45) is 17.6 Å². The number of ketones is 2. The fourth-order valence-electron chi connectivity index (χ4n) is 4.98. The molecule has 0 radical (unpaired) electrons. The number of fused-ring (bicyclic) bond motifs is 1. The molecule has 0 aromatic heterocycles. The summed E-state index contributed by atoms with van der Waals surface area (Å²) in [6.45, 7) is -1.39. The van der Waals surface area contributed by atoms with Crippen molar-refractivity contribution < 1.29 is 44.7 Å². The molecule has 2 aromatic carbocycles. The van der Waals surface area contributed by atoms with Gasteiger partial charge in [-0.3, -0.25) is 14.4 Å². The Morgan fingerprint density at radius 3 is 2.28 bits per heavy atom. The summed E-state index contributed by atoms with van der Waals surface area (Å²) in [7, 11) is 0. The van der Waals surface area contributed by atoms with E-state index in [2.05, 4.69) is 0 Å². The SMILES string of the molecule is NC(=O)CC(=O)[C@@](O)(CO)[C@H](CCO)C[C@H]1CC(=O)c2c(O)ccc(-c3ccc(C(=O)O)cc3)c2C1. The van der Waals surface area contributed by atoms with Gasteiger partial charge in [0.1, 0.15) is 11.4 Å². The second-order valence-corrected chi connectivity index (χ2v) is 9.16. The van der Waals surface area contributed by atoms with Crippen molar-refractivity contribution in [3.8, 4) is 16.9 Å². The zero-order valence-electron chi connectivity index (χ0n) is 19.5. The summed E-state index contributed by atoms with van der Waals surface area (Å²) in [6, 6.07) is 9.10. The van der Waals surface area contributed by atoms with Gasteiger partial charge in [0.15, 0.2) is 11.6 Å². The molecule has 0 saturated carbocycles. The summed E-state index contributed by atoms with van der Waals surface area (Å²) in [5.74, 6) is -4.92. The molecule has 2 aromatic rings. The summed E-state index contributed by atoms with van der Waals surface area (Å²) >= 11 is 0. The van der Waals surface area contributed by atoms with Crippen LogP contribution in [0.15, 0.2) is 36.4 Å². The minimum atomic E-state index is -2.32. The average molecular weight is 500 g/mol. The van der Waals surface area contributed by atoms with E-state index < -0.39 is 54.7 Å². The Hall–Kier alpha value is -3.60. The molecule has 1 aliphatic rings. The van der Waals surface area contributed by atoms with Gasteiger partial charge in [-0.05, 0) is 66.0 Å². The van der Waals surface area contributed by atoms with Gasteiger partial charge in [0.05, 0.1) is 24.2 Å². The first-order valence-corrected chi connectivity index (χ1v) is 11.5. The number of aliphatic hydroxyl groups excluding tert-OH is 2. The van der Waals surface area contributed by atoms with Crippen molar-refractivity contribution in [1.29, 1.82) is 0 Å². The molecule has 3 rings (SSSR count). The summed E-state index contributed by atoms with van der Waals surface area (Å²) < 4.78 is 0. The number of carboxylic acid groups (broad SMARTS) is 1. The van der Waals surface area contributed by atoms with E-state index in [1.807, 2.05) is 0 Å². The Morgan fingerprint density at radius 1 is 1.06 bits per heavy atom. The molecule has 0 unspecified atom stereocenters. The first kappa shape index (κ1) is 27.0. The topological polar surface area (TPSA) is 195 Å². The third-order valence-corrected chi connectivity index (χ3v) is 6.81. The number of aromatic carboxylic acids is 1. The highest BCUT2D eigenvalue weighted by Gasteiger charge is 2.45. The van der Waals surface area contributed by atoms with Crippen molar-refractivity contribution in [2.75, 3.05) is 13.2 Å². The van der Waals surface area contributed by atoms with Crippen molar-refractivity contribution in [3.05, 3.63) is 53.1 Å². The number of phenols is 1. The number of primary amides is 1. The number of nitrogens with two attached hydrogens (primary N) is 1. The zero-order valence-corrected chi connectivity index (χ0v) is 19.5. The van der Waals surface area contributed by atoms with Crippen molar-refractivity contribution in [2.45, 2.75) is 37.7 Å². The smallest absolute Gasteiger partial charge is 0.335 e. The van der Waals surface area contributed by atoms with E-state index in [-0.39, 0.29) is 48.3 Å². The van der Waals surface area contributed by atoms with Gasteiger partial charge in [0, 0.05) is 13.0 Å². The van der Waals surface area contributed by atoms with Gasteiger partial charge >= 0.3 is 5.97 Å². The molecule has 0 aliphatic heterocycles. The maximum atomic E-state index is 13.1. The molecule has 0 bridgehead atoms. The largest absolute Gasteiger partial charge is 0.507 e. The predicted molar refractivity (Wildman–Crippen MR) is 127 cm³/mol. The molecular formula is C26H29NO9. The minimum absolute atomic E-state index is 0.00455. The number of carbonyl (C=O) groups is 4. The Labute approximate surface area is 207 Å². The molecule has 192 valence electrons. The maximum absolute atomic E-state index is 13.1. The summed E-state index contributed by atoms with van der Waals surface area (Å²) in [4.78, 5) is 48.0. The lowest BCUT2D eigenvalue weighted by Crippen LogP contribution is -2.51. The monoisotopic (exact) mass is 499 g/mol. The molecule has 36 heavy (non-hydrogen) atoms. The van der Waals surface area contributed by atoms with Crippen LogP contribution < -0.4 is 5.73 Å². The molecular weight excluding hydrogens is 470 g/mol. The van der Waals surface area contributed by atoms with Gasteiger partial charge in [0.2, 0.25) is 5.91 Å². The third-order valence-electron chi connectivity index (χ3n) is 6.81. The summed E-state index contributed by atoms with van der Waals surface area (Å²) in [5, 5.41) is 49.9. The number of hydrogen-bond acceptors (Lipinski definition) is 8. The quantitative estimate of drug-likeness (QED) is 0.245. The number of phenolic OH excluding ortho intramolecular Hbond substituents is 1. The molecule has 1 amide bonds. The highest BCUT2D eigenvalue weighted by Crippen LogP contribution is 2.41. The first-order valence-electron chi connectivity index (χ1n) is 11.5. The number of Topliss-reactive ketones (excluding diaryl/α,β-unsaturated/α-hetero) is 2. The van der Waals surface area contributed by atoms with E-state index in [4.69, 9.17) is 10.8 Å². The molecule has 10 nitrogen and oxygen atoms in total. The number of amides is 1. The van der Waals surface area contributed by atoms with Crippen LogP contribution in [-0.2, 0) is 16.0 Å². The molecule has 0 spiro atoms. The molecule has 3 atom stereocenters. The lowest BCUT2D eigenvalue weighted by atomic mass is 9.71. The van der Waals surface area contributed by atoms with Crippen LogP contribution in [0, 0.1) is 11.8 Å². The van der Waals surface area contributed by atoms with Crippen LogP contribution in [0.1, 0.15) is 52.0 Å². The summed E-state index contributed by atoms with van der Waals surface area (Å²) in [5.41, 5.74) is 4.82. The van der Waals surface area contributed by atoms with Gasteiger partial charge in [-0.15, -0.1) is 0 Å². The standard InChI is InChI=1S/C26H29NO9/c27-23(33)12-22(32)26(36,13-29)17(7-8-28)9-14-10-19-18(5-6-20(30)24(19)21(31)11-14)15-1-3-16(4-2-15)25(34)35/h1-6,14,17,28-30,36H,7-13H2,(H2,27,33)(H,34,35)/t14-,17-,26-/m1/s1. The van der Waals surface area contributed by atoms with Gasteiger partial charge in [-0.1, -0.05) is 18.2 Å². The van der Waals surface area contributed by atoms with Gasteiger partial charge in [0.25, 0.3) is 0 Å². The Morgan fingerprint density at radius 2 is 1.72 bits per heavy atom. The fourth-order valence-corrected chi connectivity index (χ4v) is 4.98. The second-order valence-electron chi connectivity index (χ2n) is 9.16. The normalized spacial score (nSPS) is 17.6. The van der Waals surface area contributed by atoms with Gasteiger partial charge in [-0.25, -0.2) is 4.79 Å². The molecule has 7 N–H and O–H groups in total. The molecule has 0 fully saturated rings. The van der Waals surface area contributed by atoms with E-state index in [1.54, 1.807) is 18.2 Å². The van der Waals surface area contributed by atoms with E-state index in [0.29, 0.717) is 16.7 Å². The van der Waals surface area contributed by atoms with Crippen LogP contribution in [0.2, 0.25) is 0 Å². The van der Waals surface area contributed by atoms with E-state index in [9.17, 15) is 39.6 Å². The average Bonchev–Trinajstić information content (AvgIpc) is 2.83. The van der Waals surface area contributed by atoms with Gasteiger partial charge < -0.3 is 31.3 Å². The van der Waals surface area contributed by atoms with Crippen LogP contribution in [0.4, 0.5) is 0 Å². The van der Waals surface area contributed by atoms with Crippen LogP contribution in [0.5, 0.6) is 5.75 Å². The number of aliphatic hydroxyl groups is 3. The Balaban J connectivity index is 1.97. The number of carboxylic acids is 1. The van der Waals surface area contributed by atoms with E-state index >= 15 is 0 Å². The Bertz CT molecular complexity index is 1170. The number of rotatable bonds is 11. The highest BCUT2D eigenvalue weighted by molar-refractivity contribution is 6.03. The maximum Gasteiger partial charge on any atom is 0.335 e. The van der Waals surface area contributed by atoms with E-state index in [0.717, 1.165) is 0 Å². The lowest BCUT2D eigenvalue weighted by molar-refractivity contribution is -0.153. The van der Waals surface area contributed by atoms with Crippen molar-refractivity contribution in [3.63, 3.8) is 0 Å². The summed E-state index contributed by atoms with van der Waals surface area (Å²) in [6.07, 6.45) is -0.507. The lowest BCUT2D eigenvalue weighted by Gasteiger charge is -2.36. The second kappa shape index (κ2) is 11.0. The van der Waals surface area contributed by atoms with E-state index in [1.165, 1.54) is 18.2 Å². The van der Waals surface area contributed by atoms with Crippen LogP contribution in [-0.4, -0.2) is 67.8 Å². The minimum Gasteiger partial charge on any atom is -0.507 e. The number of benzene rings is 2. The molecule has 1 aliphatic carbocycles. The fraction of sp³-hybridized carbons (Fsp3) is 0.385. The van der Waals surface area contributed by atoms with Crippen molar-refractivity contribution >= 4 is 23.4 Å². The molecule has 0 saturated heterocycles. The number of aromatic hydroxyl groups is 1. The third kappa shape index (κ3) is 5.46. The first-order chi connectivity index (χ1) is 17.0. The highest BCUT2D eigenvalue weighted by atomic mass is 16.4. The van der Waals surface area contributed by atoms with Crippen LogP contribution in [0.25, 0.3) is 11.1 Å². The zero-order chi connectivity index (χ0) is 26.6. The van der Waals surface area contributed by atoms with Crippen LogP contribution >= 0.6 is 0 Å². The number of hydrogen-bond donors (Lipinski definition) is 6. The van der Waals surface area contributed by atoms with Gasteiger partial charge in [-0.2, -0.15) is 0 Å². The predicted octanol–water partition coefficient (Wildman–Crippen LogP) is 1.06. The molecule has 0 heterocycles. The number of carbonyl (C=O) groups excluding carboxylic acids is 3. The van der Waals surface area contributed by atoms with Crippen LogP contribution in [0.3, 0.4) is 0 Å². The molecule has 10 heteroatoms.